The van der Waals surface area contributed by atoms with Gasteiger partial charge in [0.05, 0.1) is 5.82 Å². The number of hydrogen-bond acceptors (Lipinski definition) is 2. The van der Waals surface area contributed by atoms with Crippen LogP contribution in [0.25, 0.3) is 5.43 Å². The van der Waals surface area contributed by atoms with Gasteiger partial charge in [-0.1, -0.05) is 6.08 Å². The molecule has 0 saturated carbocycles. The average Bonchev–Trinajstić information content (AvgIpc) is 2.45. The van der Waals surface area contributed by atoms with E-state index in [1.807, 2.05) is 17.3 Å². The molecule has 2 rings (SSSR count). The molecule has 70 valence electrons. The minimum atomic E-state index is 0.109. The quantitative estimate of drug-likeness (QED) is 0.565. The summed E-state index contributed by atoms with van der Waals surface area (Å²) >= 11 is 0. The number of hydrogen-bond donors (Lipinski definition) is 0. The van der Waals surface area contributed by atoms with Crippen molar-refractivity contribution in [3.05, 3.63) is 42.0 Å². The van der Waals surface area contributed by atoms with Crippen LogP contribution in [0, 0.1) is 0 Å². The Morgan fingerprint density at radius 2 is 2.00 bits per heavy atom. The lowest BCUT2D eigenvalue weighted by Gasteiger charge is -2.41. The van der Waals surface area contributed by atoms with Crippen LogP contribution >= 0.6 is 0 Å². The standard InChI is InChI=1S/C10H14N3/c1-10(2,3)12-7-8-13-9(12)5-4-6-11-13/h4-8H,1-3H3/q-1. The zero-order chi connectivity index (χ0) is 9.47. The monoisotopic (exact) mass is 176 g/mol. The molecule has 0 atom stereocenters. The van der Waals surface area contributed by atoms with Gasteiger partial charge in [-0.3, -0.25) is 0 Å². The molecular formula is C10H14N3-. The maximum atomic E-state index is 4.21. The smallest absolute Gasteiger partial charge is 0.0989 e. The minimum absolute atomic E-state index is 0.109. The van der Waals surface area contributed by atoms with E-state index < -0.39 is 0 Å². The maximum Gasteiger partial charge on any atom is 0.0989 e. The molecule has 2 heterocycles. The molecule has 3 nitrogen and oxygen atoms in total. The highest BCUT2D eigenvalue weighted by Gasteiger charge is 2.25. The fourth-order valence-corrected chi connectivity index (χ4v) is 1.45. The lowest BCUT2D eigenvalue weighted by Crippen LogP contribution is -2.37. The topological polar surface area (TPSA) is 20.6 Å². The summed E-state index contributed by atoms with van der Waals surface area (Å²) in [6, 6.07) is 0. The van der Waals surface area contributed by atoms with Gasteiger partial charge in [0.25, 0.3) is 0 Å². The summed E-state index contributed by atoms with van der Waals surface area (Å²) < 4.78 is 0. The summed E-state index contributed by atoms with van der Waals surface area (Å²) in [7, 11) is 0. The molecule has 0 radical (unpaired) electrons. The van der Waals surface area contributed by atoms with E-state index in [0.29, 0.717) is 0 Å². The van der Waals surface area contributed by atoms with Gasteiger partial charge in [-0.05, 0) is 26.8 Å². The second-order valence-corrected chi connectivity index (χ2v) is 4.17. The van der Waals surface area contributed by atoms with Crippen molar-refractivity contribution in [2.24, 2.45) is 0 Å². The summed E-state index contributed by atoms with van der Waals surface area (Å²) in [5.74, 6) is 1.12. The lowest BCUT2D eigenvalue weighted by molar-refractivity contribution is 0.237. The van der Waals surface area contributed by atoms with Crippen molar-refractivity contribution >= 4 is 0 Å². The molecule has 0 aromatic rings. The van der Waals surface area contributed by atoms with Crippen molar-refractivity contribution in [2.75, 3.05) is 0 Å². The molecule has 0 bridgehead atoms. The Bertz CT molecular complexity index is 294. The van der Waals surface area contributed by atoms with Crippen LogP contribution in [-0.2, 0) is 0 Å². The van der Waals surface area contributed by atoms with E-state index in [4.69, 9.17) is 0 Å². The van der Waals surface area contributed by atoms with Crippen LogP contribution in [0.3, 0.4) is 0 Å². The van der Waals surface area contributed by atoms with Gasteiger partial charge in [0, 0.05) is 17.9 Å². The van der Waals surface area contributed by atoms with Crippen LogP contribution in [0.4, 0.5) is 0 Å². The predicted molar refractivity (Wildman–Crippen MR) is 53.2 cm³/mol. The second kappa shape index (κ2) is 2.55. The molecule has 13 heavy (non-hydrogen) atoms. The molecule has 0 aliphatic carbocycles. The molecule has 0 spiro atoms. The van der Waals surface area contributed by atoms with Crippen LogP contribution in [0.5, 0.6) is 0 Å². The molecule has 2 aliphatic heterocycles. The highest BCUT2D eigenvalue weighted by molar-refractivity contribution is 5.30. The first-order chi connectivity index (χ1) is 6.09. The van der Waals surface area contributed by atoms with Gasteiger partial charge >= 0.3 is 0 Å². The Balaban J connectivity index is 2.29. The summed E-state index contributed by atoms with van der Waals surface area (Å²) in [5, 5.41) is 1.88. The molecule has 0 amide bonds. The Kier molecular flexibility index (Phi) is 1.62. The summed E-state index contributed by atoms with van der Waals surface area (Å²) in [5.41, 5.74) is 4.32. The van der Waals surface area contributed by atoms with E-state index in [9.17, 15) is 0 Å². The molecule has 0 unspecified atom stereocenters. The van der Waals surface area contributed by atoms with Crippen molar-refractivity contribution in [1.29, 1.82) is 0 Å². The van der Waals surface area contributed by atoms with E-state index in [1.165, 1.54) is 0 Å². The zero-order valence-electron chi connectivity index (χ0n) is 8.23. The third-order valence-corrected chi connectivity index (χ3v) is 2.08. The van der Waals surface area contributed by atoms with E-state index >= 15 is 0 Å². The van der Waals surface area contributed by atoms with Crippen molar-refractivity contribution < 1.29 is 0 Å². The average molecular weight is 176 g/mol. The van der Waals surface area contributed by atoms with Gasteiger partial charge in [0.2, 0.25) is 0 Å². The first kappa shape index (κ1) is 8.23. The minimum Gasteiger partial charge on any atom is -0.596 e. The Hall–Kier alpha value is -1.38. The largest absolute Gasteiger partial charge is 0.596 e. The van der Waals surface area contributed by atoms with Gasteiger partial charge in [-0.15, -0.1) is 0 Å². The number of nitrogens with zero attached hydrogens (tertiary/aromatic N) is 3. The van der Waals surface area contributed by atoms with Crippen LogP contribution < -0.4 is 0 Å². The summed E-state index contributed by atoms with van der Waals surface area (Å²) in [4.78, 5) is 2.21. The first-order valence-electron chi connectivity index (χ1n) is 4.43. The van der Waals surface area contributed by atoms with Gasteiger partial charge in [0.1, 0.15) is 0 Å². The predicted octanol–water partition coefficient (Wildman–Crippen LogP) is 2.53. The fraction of sp³-hybridized carbons (Fsp3) is 0.400. The first-order valence-corrected chi connectivity index (χ1v) is 4.43. The molecule has 3 heteroatoms. The lowest BCUT2D eigenvalue weighted by atomic mass is 10.1. The van der Waals surface area contributed by atoms with E-state index in [-0.39, 0.29) is 5.54 Å². The number of rotatable bonds is 0. The number of fused-ring (bicyclic) bond motifs is 1. The van der Waals surface area contributed by atoms with Crippen molar-refractivity contribution in [2.45, 2.75) is 26.3 Å². The van der Waals surface area contributed by atoms with Gasteiger partial charge in [-0.2, -0.15) is 6.20 Å². The molecule has 2 aliphatic rings. The number of allylic oxidation sites excluding steroid dienone is 2. The molecule has 0 saturated heterocycles. The second-order valence-electron chi connectivity index (χ2n) is 4.17. The Morgan fingerprint density at radius 3 is 2.69 bits per heavy atom. The molecule has 0 N–H and O–H groups in total. The summed E-state index contributed by atoms with van der Waals surface area (Å²) in [6.07, 6.45) is 9.85. The third-order valence-electron chi connectivity index (χ3n) is 2.08. The summed E-state index contributed by atoms with van der Waals surface area (Å²) in [6.45, 7) is 6.54. The van der Waals surface area contributed by atoms with E-state index in [1.54, 1.807) is 6.20 Å². The maximum absolute atomic E-state index is 4.21. The molecule has 0 fully saturated rings. The van der Waals surface area contributed by atoms with Crippen molar-refractivity contribution in [3.8, 4) is 0 Å². The van der Waals surface area contributed by atoms with E-state index in [2.05, 4.69) is 43.4 Å². The van der Waals surface area contributed by atoms with Crippen LogP contribution in [0.2, 0.25) is 0 Å². The SMILES string of the molecule is CC(C)(C)N1C=CN2[N-]C=CC=C21. The Labute approximate surface area is 79.0 Å². The zero-order valence-corrected chi connectivity index (χ0v) is 8.23. The van der Waals surface area contributed by atoms with Gasteiger partial charge in [0.15, 0.2) is 0 Å². The fourth-order valence-electron chi connectivity index (χ4n) is 1.45. The van der Waals surface area contributed by atoms with Gasteiger partial charge in [-0.25, -0.2) is 0 Å². The normalized spacial score (nSPS) is 20.1. The highest BCUT2D eigenvalue weighted by Crippen LogP contribution is 2.31. The van der Waals surface area contributed by atoms with E-state index in [0.717, 1.165) is 5.82 Å². The Morgan fingerprint density at radius 1 is 1.23 bits per heavy atom. The van der Waals surface area contributed by atoms with Crippen LogP contribution in [0.15, 0.2) is 36.6 Å². The van der Waals surface area contributed by atoms with Crippen LogP contribution in [0.1, 0.15) is 20.8 Å². The third kappa shape index (κ3) is 1.30. The van der Waals surface area contributed by atoms with Crippen LogP contribution in [-0.4, -0.2) is 15.4 Å². The molecule has 0 aromatic heterocycles. The van der Waals surface area contributed by atoms with Crippen molar-refractivity contribution in [3.63, 3.8) is 0 Å². The highest BCUT2D eigenvalue weighted by atomic mass is 15.6. The van der Waals surface area contributed by atoms with Gasteiger partial charge < -0.3 is 15.3 Å². The van der Waals surface area contributed by atoms with Crippen molar-refractivity contribution in [1.82, 2.24) is 9.91 Å². The molecular weight excluding hydrogens is 162 g/mol. The molecule has 0 aromatic carbocycles.